The summed E-state index contributed by atoms with van der Waals surface area (Å²) >= 11 is 1.31. The number of piperidine rings is 1. The van der Waals surface area contributed by atoms with E-state index in [1.165, 1.54) is 24.1 Å². The highest BCUT2D eigenvalue weighted by Gasteiger charge is 2.24. The van der Waals surface area contributed by atoms with Crippen molar-refractivity contribution in [3.05, 3.63) is 77.6 Å². The Balaban J connectivity index is 1.31. The molecule has 1 N–H and O–H groups in total. The van der Waals surface area contributed by atoms with E-state index in [1.807, 2.05) is 18.3 Å². The highest BCUT2D eigenvalue weighted by molar-refractivity contribution is 8.00. The number of halogens is 2. The number of anilines is 2. The average molecular weight is 456 g/mol. The number of likely N-dealkylation sites (tertiary alicyclic amines) is 1. The Hall–Kier alpha value is -2.71. The second kappa shape index (κ2) is 10.3. The third-order valence-electron chi connectivity index (χ3n) is 5.81. The van der Waals surface area contributed by atoms with Crippen molar-refractivity contribution < 1.29 is 8.78 Å². The molecule has 1 aliphatic heterocycles. The van der Waals surface area contributed by atoms with Gasteiger partial charge in [0.25, 0.3) is 0 Å². The quantitative estimate of drug-likeness (QED) is 0.386. The molecule has 1 aliphatic rings. The fourth-order valence-corrected chi connectivity index (χ4v) is 4.74. The van der Waals surface area contributed by atoms with Gasteiger partial charge in [0.15, 0.2) is 0 Å². The van der Waals surface area contributed by atoms with Gasteiger partial charge in [0.05, 0.1) is 11.9 Å². The van der Waals surface area contributed by atoms with Gasteiger partial charge in [-0.15, -0.1) is 0 Å². The van der Waals surface area contributed by atoms with Crippen LogP contribution < -0.4 is 9.62 Å². The highest BCUT2D eigenvalue weighted by Crippen LogP contribution is 2.28. The second-order valence-corrected chi connectivity index (χ2v) is 8.93. The van der Waals surface area contributed by atoms with Gasteiger partial charge in [0.1, 0.15) is 16.7 Å². The summed E-state index contributed by atoms with van der Waals surface area (Å²) in [6, 6.07) is 14.0. The van der Waals surface area contributed by atoms with Crippen LogP contribution in [0.25, 0.3) is 0 Å². The largest absolute Gasteiger partial charge is 0.370 e. The number of hydrogen-bond donors (Lipinski definition) is 1. The zero-order valence-electron chi connectivity index (χ0n) is 18.3. The van der Waals surface area contributed by atoms with Crippen molar-refractivity contribution in [3.8, 4) is 0 Å². The lowest BCUT2D eigenvalue weighted by molar-refractivity contribution is 0.203. The van der Waals surface area contributed by atoms with Gasteiger partial charge in [0.2, 0.25) is 5.95 Å². The van der Waals surface area contributed by atoms with E-state index in [0.717, 1.165) is 54.3 Å². The average Bonchev–Trinajstić information content (AvgIpc) is 2.78. The fourth-order valence-electron chi connectivity index (χ4n) is 4.07. The maximum atomic E-state index is 13.4. The van der Waals surface area contributed by atoms with Crippen LogP contribution in [-0.4, -0.2) is 41.0 Å². The predicted molar refractivity (Wildman–Crippen MR) is 126 cm³/mol. The van der Waals surface area contributed by atoms with Gasteiger partial charge in [0, 0.05) is 44.7 Å². The van der Waals surface area contributed by atoms with E-state index in [4.69, 9.17) is 0 Å². The first kappa shape index (κ1) is 22.5. The molecular formula is C24H27F2N5S. The molecular weight excluding hydrogens is 428 g/mol. The molecule has 0 saturated carbocycles. The monoisotopic (exact) mass is 455 g/mol. The molecule has 32 heavy (non-hydrogen) atoms. The summed E-state index contributed by atoms with van der Waals surface area (Å²) in [6.07, 6.45) is 4.00. The van der Waals surface area contributed by atoms with Crippen LogP contribution in [0.3, 0.4) is 0 Å². The SMILES string of the molecule is Cc1cc(SNc2cccc(F)n2)ncc1N(C)C1CCN(Cc2cccc(F)c2)CC1. The molecule has 0 atom stereocenters. The van der Waals surface area contributed by atoms with E-state index in [-0.39, 0.29) is 5.82 Å². The normalized spacial score (nSPS) is 15.0. The molecule has 0 aliphatic carbocycles. The van der Waals surface area contributed by atoms with Crippen LogP contribution >= 0.6 is 11.9 Å². The van der Waals surface area contributed by atoms with Gasteiger partial charge < -0.3 is 9.62 Å². The third kappa shape index (κ3) is 5.75. The molecule has 168 valence electrons. The summed E-state index contributed by atoms with van der Waals surface area (Å²) in [5.74, 6) is -0.233. The highest BCUT2D eigenvalue weighted by atomic mass is 32.2. The Morgan fingerprint density at radius 3 is 2.62 bits per heavy atom. The van der Waals surface area contributed by atoms with Crippen LogP contribution in [0.1, 0.15) is 24.0 Å². The first-order chi connectivity index (χ1) is 15.5. The van der Waals surface area contributed by atoms with Gasteiger partial charge in [-0.3, -0.25) is 4.90 Å². The van der Waals surface area contributed by atoms with Crippen molar-refractivity contribution >= 4 is 23.5 Å². The number of hydrogen-bond acceptors (Lipinski definition) is 6. The third-order valence-corrected chi connectivity index (χ3v) is 6.56. The molecule has 4 rings (SSSR count). The lowest BCUT2D eigenvalue weighted by Gasteiger charge is -2.38. The molecule has 3 heterocycles. The number of nitrogens with zero attached hydrogens (tertiary/aromatic N) is 4. The minimum absolute atomic E-state index is 0.177. The van der Waals surface area contributed by atoms with Crippen molar-refractivity contribution in [2.45, 2.75) is 37.4 Å². The van der Waals surface area contributed by atoms with Crippen molar-refractivity contribution in [1.29, 1.82) is 0 Å². The number of nitrogens with one attached hydrogen (secondary N) is 1. The number of benzene rings is 1. The summed E-state index contributed by atoms with van der Waals surface area (Å²) in [5, 5.41) is 0.802. The summed E-state index contributed by atoms with van der Waals surface area (Å²) in [6.45, 7) is 4.83. The number of rotatable bonds is 7. The van der Waals surface area contributed by atoms with Crippen molar-refractivity contribution in [2.75, 3.05) is 29.8 Å². The van der Waals surface area contributed by atoms with E-state index < -0.39 is 5.95 Å². The maximum absolute atomic E-state index is 13.4. The van der Waals surface area contributed by atoms with E-state index >= 15 is 0 Å². The first-order valence-corrected chi connectivity index (χ1v) is 11.5. The van der Waals surface area contributed by atoms with Gasteiger partial charge in [-0.25, -0.2) is 14.4 Å². The van der Waals surface area contributed by atoms with Gasteiger partial charge in [-0.05, 0) is 61.2 Å². The van der Waals surface area contributed by atoms with Gasteiger partial charge >= 0.3 is 0 Å². The molecule has 0 amide bonds. The van der Waals surface area contributed by atoms with Crippen molar-refractivity contribution in [1.82, 2.24) is 14.9 Å². The zero-order valence-corrected chi connectivity index (χ0v) is 19.1. The topological polar surface area (TPSA) is 44.3 Å². The molecule has 0 bridgehead atoms. The minimum Gasteiger partial charge on any atom is -0.370 e. The Labute approximate surface area is 192 Å². The lowest BCUT2D eigenvalue weighted by atomic mass is 10.0. The minimum atomic E-state index is -0.515. The molecule has 5 nitrogen and oxygen atoms in total. The summed E-state index contributed by atoms with van der Waals surface area (Å²) in [4.78, 5) is 13.1. The molecule has 2 aromatic heterocycles. The van der Waals surface area contributed by atoms with Gasteiger partial charge in [-0.2, -0.15) is 4.39 Å². The Kier molecular flexibility index (Phi) is 7.22. The molecule has 1 fully saturated rings. The molecule has 1 aromatic carbocycles. The number of aromatic nitrogens is 2. The zero-order chi connectivity index (χ0) is 22.5. The maximum Gasteiger partial charge on any atom is 0.214 e. The number of aryl methyl sites for hydroxylation is 1. The van der Waals surface area contributed by atoms with Crippen LogP contribution in [0.5, 0.6) is 0 Å². The van der Waals surface area contributed by atoms with Crippen molar-refractivity contribution in [3.63, 3.8) is 0 Å². The molecule has 3 aromatic rings. The van der Waals surface area contributed by atoms with E-state index in [0.29, 0.717) is 11.9 Å². The molecule has 0 radical (unpaired) electrons. The number of pyridine rings is 2. The molecule has 0 spiro atoms. The summed E-state index contributed by atoms with van der Waals surface area (Å²) < 4.78 is 29.7. The van der Waals surface area contributed by atoms with E-state index in [2.05, 4.69) is 38.5 Å². The van der Waals surface area contributed by atoms with Crippen molar-refractivity contribution in [2.24, 2.45) is 0 Å². The smallest absolute Gasteiger partial charge is 0.214 e. The van der Waals surface area contributed by atoms with E-state index in [9.17, 15) is 8.78 Å². The molecule has 1 saturated heterocycles. The standard InChI is InChI=1S/C24H27F2N5S/c1-17-13-24(32-29-23-8-4-7-22(26)28-23)27-15-21(17)30(2)20-9-11-31(12-10-20)16-18-5-3-6-19(25)14-18/h3-8,13-15,20H,9-12,16H2,1-2H3,(H,28,29). The molecule has 0 unspecified atom stereocenters. The van der Waals surface area contributed by atoms with Gasteiger partial charge in [-0.1, -0.05) is 18.2 Å². The molecule has 8 heteroatoms. The lowest BCUT2D eigenvalue weighted by Crippen LogP contribution is -2.43. The Morgan fingerprint density at radius 1 is 1.12 bits per heavy atom. The van der Waals surface area contributed by atoms with E-state index in [1.54, 1.807) is 24.3 Å². The van der Waals surface area contributed by atoms with Crippen LogP contribution in [0, 0.1) is 18.7 Å². The predicted octanol–water partition coefficient (Wildman–Crippen LogP) is 5.28. The Morgan fingerprint density at radius 2 is 1.91 bits per heavy atom. The first-order valence-electron chi connectivity index (χ1n) is 10.7. The summed E-state index contributed by atoms with van der Waals surface area (Å²) in [7, 11) is 2.12. The second-order valence-electron chi connectivity index (χ2n) is 8.11. The fraction of sp³-hybridized carbons (Fsp3) is 0.333. The van der Waals surface area contributed by atoms with Crippen LogP contribution in [-0.2, 0) is 6.54 Å². The summed E-state index contributed by atoms with van der Waals surface area (Å²) in [5.41, 5.74) is 3.27. The van der Waals surface area contributed by atoms with Crippen LogP contribution in [0.15, 0.2) is 59.8 Å². The van der Waals surface area contributed by atoms with Crippen LogP contribution in [0.4, 0.5) is 20.3 Å². The van der Waals surface area contributed by atoms with Crippen LogP contribution in [0.2, 0.25) is 0 Å². The Bertz CT molecular complexity index is 1060.